The number of carbonyl (C=O) groups is 1. The second kappa shape index (κ2) is 9.18. The molecule has 1 aromatic heterocycles. The highest BCUT2D eigenvalue weighted by molar-refractivity contribution is 5.91. The van der Waals surface area contributed by atoms with Gasteiger partial charge in [-0.1, -0.05) is 0 Å². The van der Waals surface area contributed by atoms with Crippen molar-refractivity contribution in [3.05, 3.63) is 17.1 Å². The Kier molecular flexibility index (Phi) is 6.88. The quantitative estimate of drug-likeness (QED) is 0.735. The Labute approximate surface area is 168 Å². The molecule has 1 amide bonds. The van der Waals surface area contributed by atoms with Gasteiger partial charge in [-0.05, 0) is 66.5 Å². The van der Waals surface area contributed by atoms with E-state index in [9.17, 15) is 4.79 Å². The average molecular weight is 390 g/mol. The summed E-state index contributed by atoms with van der Waals surface area (Å²) in [5.74, 6) is 1.67. The summed E-state index contributed by atoms with van der Waals surface area (Å²) in [5, 5.41) is 3.00. The van der Waals surface area contributed by atoms with Gasteiger partial charge < -0.3 is 19.9 Å². The van der Waals surface area contributed by atoms with Crippen LogP contribution in [0, 0.1) is 19.8 Å². The maximum atomic E-state index is 12.6. The molecule has 1 aromatic rings. The molecule has 1 saturated carbocycles. The van der Waals surface area contributed by atoms with E-state index >= 15 is 0 Å². The van der Waals surface area contributed by atoms with Crippen LogP contribution >= 0.6 is 0 Å². The first-order valence-corrected chi connectivity index (χ1v) is 10.6. The third kappa shape index (κ3) is 4.81. The van der Waals surface area contributed by atoms with Crippen LogP contribution in [0.1, 0.15) is 54.5 Å². The van der Waals surface area contributed by atoms with Crippen LogP contribution in [0.15, 0.2) is 0 Å². The molecule has 0 unspecified atom stereocenters. The highest BCUT2D eigenvalue weighted by atomic mass is 16.5. The lowest BCUT2D eigenvalue weighted by atomic mass is 9.80. The zero-order valence-corrected chi connectivity index (χ0v) is 18.0. The fourth-order valence-electron chi connectivity index (χ4n) is 4.13. The minimum absolute atomic E-state index is 0.173. The van der Waals surface area contributed by atoms with Crippen molar-refractivity contribution in [2.24, 2.45) is 5.92 Å². The number of nitrogens with zero attached hydrogens (tertiary/aromatic N) is 4. The number of carbonyl (C=O) groups excluding carboxylic acids is 1. The molecule has 1 saturated heterocycles. The molecule has 1 N–H and O–H groups in total. The van der Waals surface area contributed by atoms with Crippen LogP contribution in [0.3, 0.4) is 0 Å². The lowest BCUT2D eigenvalue weighted by Crippen LogP contribution is -2.35. The molecular weight excluding hydrogens is 354 g/mol. The van der Waals surface area contributed by atoms with Crippen molar-refractivity contribution in [1.82, 2.24) is 20.2 Å². The molecule has 3 rings (SSSR count). The number of ether oxygens (including phenoxy) is 1. The molecule has 2 fully saturated rings. The van der Waals surface area contributed by atoms with Crippen molar-refractivity contribution in [2.75, 3.05) is 45.2 Å². The van der Waals surface area contributed by atoms with E-state index in [1.165, 1.54) is 0 Å². The van der Waals surface area contributed by atoms with Gasteiger partial charge in [-0.25, -0.2) is 9.97 Å². The molecule has 0 radical (unpaired) electrons. The second-order valence-electron chi connectivity index (χ2n) is 8.39. The van der Waals surface area contributed by atoms with Gasteiger partial charge in [0.1, 0.15) is 5.82 Å². The molecule has 2 aliphatic rings. The van der Waals surface area contributed by atoms with Crippen LogP contribution in [-0.2, 0) is 4.74 Å². The minimum Gasteiger partial charge on any atom is -0.378 e. The van der Waals surface area contributed by atoms with Crippen LogP contribution in [-0.4, -0.2) is 73.3 Å². The monoisotopic (exact) mass is 389 g/mol. The number of aromatic nitrogens is 2. The van der Waals surface area contributed by atoms with Gasteiger partial charge in [-0.2, -0.15) is 0 Å². The average Bonchev–Trinajstić information content (AvgIpc) is 3.11. The molecule has 1 aliphatic heterocycles. The van der Waals surface area contributed by atoms with Gasteiger partial charge in [0.25, 0.3) is 5.91 Å². The van der Waals surface area contributed by atoms with Gasteiger partial charge in [0.15, 0.2) is 0 Å². The van der Waals surface area contributed by atoms with Crippen LogP contribution in [0.25, 0.3) is 0 Å². The van der Waals surface area contributed by atoms with E-state index in [1.807, 2.05) is 20.8 Å². The Hall–Kier alpha value is -1.73. The normalized spacial score (nSPS) is 24.5. The predicted octanol–water partition coefficient (Wildman–Crippen LogP) is 2.17. The number of anilines is 1. The molecule has 2 heterocycles. The predicted molar refractivity (Wildman–Crippen MR) is 111 cm³/mol. The summed E-state index contributed by atoms with van der Waals surface area (Å²) < 4.78 is 5.60. The summed E-state index contributed by atoms with van der Waals surface area (Å²) in [4.78, 5) is 26.2. The zero-order valence-electron chi connectivity index (χ0n) is 18.0. The summed E-state index contributed by atoms with van der Waals surface area (Å²) in [5.41, 5.74) is 1.94. The first-order valence-electron chi connectivity index (χ1n) is 10.6. The number of rotatable bonds is 8. The van der Waals surface area contributed by atoms with Gasteiger partial charge >= 0.3 is 0 Å². The van der Waals surface area contributed by atoms with E-state index in [-0.39, 0.29) is 11.7 Å². The second-order valence-corrected chi connectivity index (χ2v) is 8.39. The van der Waals surface area contributed by atoms with E-state index in [0.717, 1.165) is 62.5 Å². The first kappa shape index (κ1) is 21.0. The van der Waals surface area contributed by atoms with Crippen molar-refractivity contribution in [3.8, 4) is 0 Å². The van der Waals surface area contributed by atoms with Crippen molar-refractivity contribution < 1.29 is 9.53 Å². The van der Waals surface area contributed by atoms with E-state index in [4.69, 9.17) is 4.74 Å². The molecule has 1 atom stereocenters. The van der Waals surface area contributed by atoms with Crippen molar-refractivity contribution >= 4 is 11.7 Å². The minimum atomic E-state index is -0.173. The fourth-order valence-corrected chi connectivity index (χ4v) is 4.13. The zero-order chi connectivity index (χ0) is 20.3. The van der Waals surface area contributed by atoms with Crippen LogP contribution in [0.5, 0.6) is 0 Å². The number of hydrogen-bond acceptors (Lipinski definition) is 6. The Morgan fingerprint density at radius 3 is 2.68 bits per heavy atom. The SMILES string of the molecule is CCOC1CC(CCNC(=O)c2nc(C)c(C)c(N3CC[C@@H](N(C)C)C3)n2)C1. The molecule has 1 aliphatic carbocycles. The molecule has 7 nitrogen and oxygen atoms in total. The summed E-state index contributed by atoms with van der Waals surface area (Å²) >= 11 is 0. The molecule has 28 heavy (non-hydrogen) atoms. The topological polar surface area (TPSA) is 70.6 Å². The number of aryl methyl sites for hydroxylation is 1. The molecule has 0 bridgehead atoms. The van der Waals surface area contributed by atoms with E-state index in [1.54, 1.807) is 0 Å². The maximum Gasteiger partial charge on any atom is 0.289 e. The van der Waals surface area contributed by atoms with E-state index in [0.29, 0.717) is 24.6 Å². The smallest absolute Gasteiger partial charge is 0.289 e. The third-order valence-corrected chi connectivity index (χ3v) is 6.19. The van der Waals surface area contributed by atoms with Gasteiger partial charge in [-0.3, -0.25) is 4.79 Å². The molecule has 0 spiro atoms. The van der Waals surface area contributed by atoms with Gasteiger partial charge in [0, 0.05) is 43.5 Å². The highest BCUT2D eigenvalue weighted by Gasteiger charge is 2.30. The van der Waals surface area contributed by atoms with Gasteiger partial charge in [0.05, 0.1) is 6.10 Å². The third-order valence-electron chi connectivity index (χ3n) is 6.19. The Balaban J connectivity index is 1.56. The van der Waals surface area contributed by atoms with E-state index in [2.05, 4.69) is 39.2 Å². The lowest BCUT2D eigenvalue weighted by molar-refractivity contribution is -0.0261. The summed E-state index contributed by atoms with van der Waals surface area (Å²) in [6, 6.07) is 0.523. The number of nitrogens with one attached hydrogen (secondary N) is 1. The van der Waals surface area contributed by atoms with Gasteiger partial charge in [0.2, 0.25) is 5.82 Å². The highest BCUT2D eigenvalue weighted by Crippen LogP contribution is 2.32. The fraction of sp³-hybridized carbons (Fsp3) is 0.762. The maximum absolute atomic E-state index is 12.6. The summed E-state index contributed by atoms with van der Waals surface area (Å²) in [6.07, 6.45) is 4.74. The lowest BCUT2D eigenvalue weighted by Gasteiger charge is -2.34. The van der Waals surface area contributed by atoms with Crippen LogP contribution in [0.2, 0.25) is 0 Å². The Bertz CT molecular complexity index is 688. The largest absolute Gasteiger partial charge is 0.378 e. The summed E-state index contributed by atoms with van der Waals surface area (Å²) in [7, 11) is 4.23. The number of likely N-dealkylation sites (N-methyl/N-ethyl adjacent to an activating group) is 1. The number of hydrogen-bond donors (Lipinski definition) is 1. The molecule has 0 aromatic carbocycles. The van der Waals surface area contributed by atoms with Gasteiger partial charge in [-0.15, -0.1) is 0 Å². The van der Waals surface area contributed by atoms with Crippen molar-refractivity contribution in [1.29, 1.82) is 0 Å². The van der Waals surface area contributed by atoms with Crippen LogP contribution in [0.4, 0.5) is 5.82 Å². The van der Waals surface area contributed by atoms with Crippen molar-refractivity contribution in [3.63, 3.8) is 0 Å². The van der Waals surface area contributed by atoms with Crippen molar-refractivity contribution in [2.45, 2.75) is 58.6 Å². The molecule has 7 heteroatoms. The Morgan fingerprint density at radius 1 is 1.29 bits per heavy atom. The summed E-state index contributed by atoms with van der Waals surface area (Å²) in [6.45, 7) is 9.39. The molecule has 156 valence electrons. The first-order chi connectivity index (χ1) is 13.4. The molecular formula is C21H35N5O2. The standard InChI is InChI=1S/C21H35N5O2/c1-6-28-18-11-16(12-18)7-9-22-21(27)19-23-15(3)14(2)20(24-19)26-10-8-17(13-26)25(4)5/h16-18H,6-13H2,1-5H3,(H,22,27)/t16?,17-,18?/m1/s1. The number of amides is 1. The van der Waals surface area contributed by atoms with Crippen LogP contribution < -0.4 is 10.2 Å². The van der Waals surface area contributed by atoms with E-state index < -0.39 is 0 Å². The Morgan fingerprint density at radius 2 is 2.04 bits per heavy atom.